The SMILES string of the molecule is CC(C)(C)OC(=O)N1CCN(c2ccc(Oc3ccc(C4c5ccc(OCc6ccccc6)cc5CCC4c4ccccc4)cc3)nc2)CC1. The van der Waals surface area contributed by atoms with Crippen LogP contribution >= 0.6 is 0 Å². The molecule has 4 aromatic carbocycles. The number of piperazine rings is 1. The predicted octanol–water partition coefficient (Wildman–Crippen LogP) is 9.37. The number of nitrogens with zero attached hydrogens (tertiary/aromatic N) is 3. The van der Waals surface area contributed by atoms with Gasteiger partial charge in [0, 0.05) is 38.2 Å². The van der Waals surface area contributed by atoms with Gasteiger partial charge in [-0.25, -0.2) is 9.78 Å². The number of hydrogen-bond acceptors (Lipinski definition) is 6. The molecule has 256 valence electrons. The molecule has 0 spiro atoms. The molecular formula is C43H45N3O4. The number of aryl methyl sites for hydroxylation is 1. The Kier molecular flexibility index (Phi) is 9.74. The van der Waals surface area contributed by atoms with Gasteiger partial charge < -0.3 is 24.0 Å². The number of anilines is 1. The summed E-state index contributed by atoms with van der Waals surface area (Å²) in [4.78, 5) is 21.1. The molecule has 7 nitrogen and oxygen atoms in total. The van der Waals surface area contributed by atoms with Crippen molar-refractivity contribution in [3.8, 4) is 17.4 Å². The molecule has 2 aliphatic rings. The van der Waals surface area contributed by atoms with Gasteiger partial charge in [0.2, 0.25) is 5.88 Å². The number of benzene rings is 4. The van der Waals surface area contributed by atoms with E-state index in [0.717, 1.165) is 48.7 Å². The highest BCUT2D eigenvalue weighted by Gasteiger charge is 2.32. The van der Waals surface area contributed by atoms with Gasteiger partial charge in [-0.05, 0) is 97.7 Å². The van der Waals surface area contributed by atoms with E-state index in [0.29, 0.717) is 31.5 Å². The molecule has 1 aliphatic heterocycles. The summed E-state index contributed by atoms with van der Waals surface area (Å²) in [5.41, 5.74) is 7.01. The smallest absolute Gasteiger partial charge is 0.410 e. The number of amides is 1. The lowest BCUT2D eigenvalue weighted by molar-refractivity contribution is 0.0240. The monoisotopic (exact) mass is 667 g/mol. The van der Waals surface area contributed by atoms with Crippen LogP contribution in [0.15, 0.2) is 121 Å². The van der Waals surface area contributed by atoms with Crippen molar-refractivity contribution in [2.24, 2.45) is 0 Å². The number of hydrogen-bond donors (Lipinski definition) is 0. The van der Waals surface area contributed by atoms with Crippen LogP contribution in [0.3, 0.4) is 0 Å². The van der Waals surface area contributed by atoms with E-state index in [1.54, 1.807) is 4.90 Å². The van der Waals surface area contributed by atoms with E-state index in [2.05, 4.69) is 94.8 Å². The largest absolute Gasteiger partial charge is 0.489 e. The zero-order valence-electron chi connectivity index (χ0n) is 29.1. The van der Waals surface area contributed by atoms with E-state index in [9.17, 15) is 4.79 Å². The number of aromatic nitrogens is 1. The highest BCUT2D eigenvalue weighted by molar-refractivity contribution is 5.68. The Morgan fingerprint density at radius 3 is 2.16 bits per heavy atom. The van der Waals surface area contributed by atoms with Gasteiger partial charge in [0.1, 0.15) is 23.7 Å². The lowest BCUT2D eigenvalue weighted by Crippen LogP contribution is -2.50. The highest BCUT2D eigenvalue weighted by Crippen LogP contribution is 2.47. The van der Waals surface area contributed by atoms with Gasteiger partial charge in [-0.2, -0.15) is 0 Å². The van der Waals surface area contributed by atoms with Gasteiger partial charge in [-0.15, -0.1) is 0 Å². The number of ether oxygens (including phenoxy) is 3. The molecule has 1 aromatic heterocycles. The minimum Gasteiger partial charge on any atom is -0.489 e. The van der Waals surface area contributed by atoms with Crippen LogP contribution in [-0.2, 0) is 17.8 Å². The maximum absolute atomic E-state index is 12.4. The summed E-state index contributed by atoms with van der Waals surface area (Å²) in [5, 5.41) is 0. The van der Waals surface area contributed by atoms with Crippen LogP contribution in [0.25, 0.3) is 0 Å². The van der Waals surface area contributed by atoms with E-state index >= 15 is 0 Å². The molecule has 7 heteroatoms. The first-order chi connectivity index (χ1) is 24.3. The first-order valence-electron chi connectivity index (χ1n) is 17.6. The van der Waals surface area contributed by atoms with E-state index in [-0.39, 0.29) is 12.0 Å². The van der Waals surface area contributed by atoms with Gasteiger partial charge >= 0.3 is 6.09 Å². The molecular weight excluding hydrogens is 622 g/mol. The van der Waals surface area contributed by atoms with Gasteiger partial charge in [-0.3, -0.25) is 0 Å². The maximum atomic E-state index is 12.4. The van der Waals surface area contributed by atoms with Crippen molar-refractivity contribution in [2.75, 3.05) is 31.1 Å². The second kappa shape index (κ2) is 14.7. The molecule has 0 N–H and O–H groups in total. The summed E-state index contributed by atoms with van der Waals surface area (Å²) in [6, 6.07) is 40.2. The van der Waals surface area contributed by atoms with Gasteiger partial charge in [-0.1, -0.05) is 78.9 Å². The molecule has 2 atom stereocenters. The minimum atomic E-state index is -0.497. The van der Waals surface area contributed by atoms with Crippen molar-refractivity contribution < 1.29 is 19.0 Å². The first kappa shape index (κ1) is 33.2. The molecule has 1 amide bonds. The second-order valence-electron chi connectivity index (χ2n) is 14.1. The Bertz CT molecular complexity index is 1860. The van der Waals surface area contributed by atoms with Crippen molar-refractivity contribution in [2.45, 2.75) is 57.7 Å². The fourth-order valence-corrected chi connectivity index (χ4v) is 7.06. The molecule has 2 heterocycles. The molecule has 0 radical (unpaired) electrons. The second-order valence-corrected chi connectivity index (χ2v) is 14.1. The van der Waals surface area contributed by atoms with Crippen molar-refractivity contribution in [3.05, 3.63) is 149 Å². The Balaban J connectivity index is 1.03. The summed E-state index contributed by atoms with van der Waals surface area (Å²) in [5.74, 6) is 2.78. The van der Waals surface area contributed by atoms with E-state index in [1.165, 1.54) is 22.3 Å². The Labute approximate surface area is 295 Å². The average Bonchev–Trinajstić information content (AvgIpc) is 3.14. The predicted molar refractivity (Wildman–Crippen MR) is 197 cm³/mol. The number of carbonyl (C=O) groups excluding carboxylic acids is 1. The molecule has 0 bridgehead atoms. The highest BCUT2D eigenvalue weighted by atomic mass is 16.6. The van der Waals surface area contributed by atoms with E-state index in [1.807, 2.05) is 57.3 Å². The van der Waals surface area contributed by atoms with Gasteiger partial charge in [0.25, 0.3) is 0 Å². The van der Waals surface area contributed by atoms with Crippen molar-refractivity contribution in [1.29, 1.82) is 0 Å². The fraction of sp³-hybridized carbons (Fsp3) is 0.302. The number of rotatable bonds is 8. The number of fused-ring (bicyclic) bond motifs is 1. The molecule has 5 aromatic rings. The molecule has 1 aliphatic carbocycles. The molecule has 1 fully saturated rings. The average molecular weight is 668 g/mol. The summed E-state index contributed by atoms with van der Waals surface area (Å²) >= 11 is 0. The van der Waals surface area contributed by atoms with Crippen LogP contribution in [-0.4, -0.2) is 47.8 Å². The molecule has 0 saturated carbocycles. The van der Waals surface area contributed by atoms with E-state index in [4.69, 9.17) is 14.2 Å². The van der Waals surface area contributed by atoms with Crippen LogP contribution in [0, 0.1) is 0 Å². The zero-order valence-corrected chi connectivity index (χ0v) is 29.1. The zero-order chi connectivity index (χ0) is 34.5. The van der Waals surface area contributed by atoms with Gasteiger partial charge in [0.05, 0.1) is 11.9 Å². The minimum absolute atomic E-state index is 0.214. The molecule has 7 rings (SSSR count). The summed E-state index contributed by atoms with van der Waals surface area (Å²) in [6.07, 6.45) is 3.66. The molecule has 50 heavy (non-hydrogen) atoms. The third-order valence-electron chi connectivity index (χ3n) is 9.53. The van der Waals surface area contributed by atoms with Crippen LogP contribution in [0.4, 0.5) is 10.5 Å². The standard InChI is InChI=1S/C43H45N3O4/c1-43(2,3)50-42(47)46-26-24-45(25-27-46)35-17-23-40(44-29-35)49-36-18-14-33(15-19-36)41-38(32-12-8-5-9-13-32)21-16-34-28-37(20-22-39(34)41)48-30-31-10-6-4-7-11-31/h4-15,17-20,22-23,28-29,38,41H,16,21,24-27,30H2,1-3H3. The summed E-state index contributed by atoms with van der Waals surface area (Å²) < 4.78 is 17.9. The van der Waals surface area contributed by atoms with Crippen LogP contribution < -0.4 is 14.4 Å². The lowest BCUT2D eigenvalue weighted by Gasteiger charge is -2.36. The van der Waals surface area contributed by atoms with Crippen molar-refractivity contribution in [1.82, 2.24) is 9.88 Å². The quantitative estimate of drug-likeness (QED) is 0.164. The van der Waals surface area contributed by atoms with Crippen molar-refractivity contribution >= 4 is 11.8 Å². The molecule has 1 saturated heterocycles. The number of pyridine rings is 1. The lowest BCUT2D eigenvalue weighted by atomic mass is 9.69. The first-order valence-corrected chi connectivity index (χ1v) is 17.6. The Morgan fingerprint density at radius 2 is 1.48 bits per heavy atom. The Hall–Kier alpha value is -5.30. The topological polar surface area (TPSA) is 64.1 Å². The van der Waals surface area contributed by atoms with Crippen LogP contribution in [0.2, 0.25) is 0 Å². The maximum Gasteiger partial charge on any atom is 0.410 e. The van der Waals surface area contributed by atoms with Crippen molar-refractivity contribution in [3.63, 3.8) is 0 Å². The Morgan fingerprint density at radius 1 is 0.780 bits per heavy atom. The van der Waals surface area contributed by atoms with Crippen LogP contribution in [0.5, 0.6) is 17.4 Å². The van der Waals surface area contributed by atoms with Crippen LogP contribution in [0.1, 0.15) is 66.8 Å². The fourth-order valence-electron chi connectivity index (χ4n) is 7.06. The summed E-state index contributed by atoms with van der Waals surface area (Å²) in [6.45, 7) is 8.89. The van der Waals surface area contributed by atoms with Gasteiger partial charge in [0.15, 0.2) is 0 Å². The third-order valence-corrected chi connectivity index (χ3v) is 9.53. The normalized spacial score (nSPS) is 17.5. The number of carbonyl (C=O) groups is 1. The summed E-state index contributed by atoms with van der Waals surface area (Å²) in [7, 11) is 0. The molecule has 2 unspecified atom stereocenters. The third kappa shape index (κ3) is 7.94. The van der Waals surface area contributed by atoms with E-state index < -0.39 is 5.60 Å².